The summed E-state index contributed by atoms with van der Waals surface area (Å²) in [4.78, 5) is 38.3. The summed E-state index contributed by atoms with van der Waals surface area (Å²) in [5.41, 5.74) is 4.09. The first-order chi connectivity index (χ1) is 16.2. The first-order valence-electron chi connectivity index (χ1n) is 11.8. The minimum Gasteiger partial charge on any atom is -0.480 e. The molecule has 4 rings (SSSR count). The van der Waals surface area contributed by atoms with Crippen molar-refractivity contribution in [3.05, 3.63) is 59.7 Å². The number of amides is 2. The second kappa shape index (κ2) is 9.49. The zero-order valence-electron chi connectivity index (χ0n) is 19.9. The molecule has 2 N–H and O–H groups in total. The van der Waals surface area contributed by atoms with Gasteiger partial charge in [-0.15, -0.1) is 0 Å². The van der Waals surface area contributed by atoms with Crippen molar-refractivity contribution < 1.29 is 24.2 Å². The van der Waals surface area contributed by atoms with Crippen LogP contribution < -0.4 is 5.32 Å². The lowest BCUT2D eigenvalue weighted by Gasteiger charge is -2.31. The SMILES string of the molecule is CC(C(=O)O)N(C(=O)CC(C)(C)CNC(=O)OCC1c2ccccc2-c2ccccc21)C1CC1. The highest BCUT2D eigenvalue weighted by atomic mass is 16.5. The van der Waals surface area contributed by atoms with Gasteiger partial charge < -0.3 is 20.1 Å². The number of carboxylic acids is 1. The molecule has 0 spiro atoms. The van der Waals surface area contributed by atoms with E-state index in [1.165, 1.54) is 16.0 Å². The van der Waals surface area contributed by atoms with Crippen molar-refractivity contribution in [2.24, 2.45) is 5.41 Å². The van der Waals surface area contributed by atoms with E-state index in [0.29, 0.717) is 0 Å². The quantitative estimate of drug-likeness (QED) is 0.573. The summed E-state index contributed by atoms with van der Waals surface area (Å²) < 4.78 is 5.58. The second-order valence-electron chi connectivity index (χ2n) is 10.1. The number of carbonyl (C=O) groups excluding carboxylic acids is 2. The molecule has 1 atom stereocenters. The minimum absolute atomic E-state index is 0.00416. The van der Waals surface area contributed by atoms with E-state index in [1.807, 2.05) is 38.1 Å². The molecule has 1 saturated carbocycles. The van der Waals surface area contributed by atoms with E-state index in [1.54, 1.807) is 6.92 Å². The maximum atomic E-state index is 12.9. The average molecular weight is 465 g/mol. The van der Waals surface area contributed by atoms with Crippen LogP contribution in [-0.2, 0) is 14.3 Å². The van der Waals surface area contributed by atoms with Gasteiger partial charge in [0.25, 0.3) is 0 Å². The van der Waals surface area contributed by atoms with E-state index >= 15 is 0 Å². The third-order valence-corrected chi connectivity index (χ3v) is 6.69. The minimum atomic E-state index is -1.00. The van der Waals surface area contributed by atoms with E-state index in [4.69, 9.17) is 4.74 Å². The van der Waals surface area contributed by atoms with Crippen molar-refractivity contribution in [2.75, 3.05) is 13.2 Å². The second-order valence-corrected chi connectivity index (χ2v) is 10.1. The molecule has 0 radical (unpaired) electrons. The van der Waals surface area contributed by atoms with Gasteiger partial charge in [0.2, 0.25) is 5.91 Å². The fourth-order valence-electron chi connectivity index (χ4n) is 4.73. The van der Waals surface area contributed by atoms with Crippen LogP contribution in [0, 0.1) is 5.41 Å². The van der Waals surface area contributed by atoms with Crippen LogP contribution in [0.5, 0.6) is 0 Å². The van der Waals surface area contributed by atoms with Crippen LogP contribution in [0.15, 0.2) is 48.5 Å². The van der Waals surface area contributed by atoms with Gasteiger partial charge in [-0.1, -0.05) is 62.4 Å². The van der Waals surface area contributed by atoms with Gasteiger partial charge in [0.15, 0.2) is 0 Å². The van der Waals surface area contributed by atoms with Gasteiger partial charge in [-0.25, -0.2) is 9.59 Å². The largest absolute Gasteiger partial charge is 0.480 e. The monoisotopic (exact) mass is 464 g/mol. The van der Waals surface area contributed by atoms with Crippen LogP contribution in [0.4, 0.5) is 4.79 Å². The van der Waals surface area contributed by atoms with Crippen molar-refractivity contribution in [2.45, 2.75) is 58.0 Å². The third-order valence-electron chi connectivity index (χ3n) is 6.69. The van der Waals surface area contributed by atoms with E-state index in [-0.39, 0.29) is 37.4 Å². The maximum Gasteiger partial charge on any atom is 0.407 e. The zero-order chi connectivity index (χ0) is 24.5. The number of ether oxygens (including phenoxy) is 1. The Hall–Kier alpha value is -3.35. The Balaban J connectivity index is 1.32. The molecule has 2 aromatic rings. The first-order valence-corrected chi connectivity index (χ1v) is 11.8. The Kier molecular flexibility index (Phi) is 6.64. The lowest BCUT2D eigenvalue weighted by Crippen LogP contribution is -2.47. The molecule has 0 heterocycles. The highest BCUT2D eigenvalue weighted by Gasteiger charge is 2.40. The number of carbonyl (C=O) groups is 3. The van der Waals surface area contributed by atoms with E-state index < -0.39 is 23.5 Å². The number of nitrogens with zero attached hydrogens (tertiary/aromatic N) is 1. The molecule has 2 amide bonds. The number of fused-ring (bicyclic) bond motifs is 3. The molecule has 0 aromatic heterocycles. The fourth-order valence-corrected chi connectivity index (χ4v) is 4.73. The summed E-state index contributed by atoms with van der Waals surface area (Å²) in [5.74, 6) is -1.22. The Morgan fingerprint density at radius 3 is 2.15 bits per heavy atom. The number of hydrogen-bond acceptors (Lipinski definition) is 4. The number of benzene rings is 2. The van der Waals surface area contributed by atoms with Crippen LogP contribution in [0.1, 0.15) is 57.1 Å². The Morgan fingerprint density at radius 2 is 1.62 bits per heavy atom. The van der Waals surface area contributed by atoms with Crippen molar-refractivity contribution in [1.29, 1.82) is 0 Å². The maximum absolute atomic E-state index is 12.9. The number of aliphatic carboxylic acids is 1. The predicted octanol–water partition coefficient (Wildman–Crippen LogP) is 4.41. The van der Waals surface area contributed by atoms with Gasteiger partial charge >= 0.3 is 12.1 Å². The highest BCUT2D eigenvalue weighted by Crippen LogP contribution is 2.44. The Bertz CT molecular complexity index is 1050. The summed E-state index contributed by atoms with van der Waals surface area (Å²) in [6, 6.07) is 15.5. The van der Waals surface area contributed by atoms with E-state index in [0.717, 1.165) is 24.0 Å². The molecule has 0 saturated heterocycles. The lowest BCUT2D eigenvalue weighted by molar-refractivity contribution is -0.150. The molecule has 7 nitrogen and oxygen atoms in total. The van der Waals surface area contributed by atoms with Gasteiger partial charge in [0.1, 0.15) is 12.6 Å². The molecule has 2 aliphatic carbocycles. The molecule has 7 heteroatoms. The summed E-state index contributed by atoms with van der Waals surface area (Å²) in [5, 5.41) is 12.1. The molecule has 34 heavy (non-hydrogen) atoms. The van der Waals surface area contributed by atoms with Gasteiger partial charge in [-0.05, 0) is 47.4 Å². The van der Waals surface area contributed by atoms with Crippen LogP contribution in [0.3, 0.4) is 0 Å². The molecule has 2 aliphatic rings. The molecule has 2 aromatic carbocycles. The standard InChI is InChI=1S/C27H32N2O5/c1-17(25(31)32)29(18-12-13-18)24(30)14-27(2,3)16-28-26(33)34-15-23-21-10-6-4-8-19(21)20-9-5-7-11-22(20)23/h4-11,17-18,23H,12-16H2,1-3H3,(H,28,33)(H,31,32). The molecular formula is C27H32N2O5. The normalized spacial score (nSPS) is 15.7. The summed E-state index contributed by atoms with van der Waals surface area (Å²) in [6.07, 6.45) is 1.29. The van der Waals surface area contributed by atoms with Gasteiger partial charge in [-0.2, -0.15) is 0 Å². The summed E-state index contributed by atoms with van der Waals surface area (Å²) >= 11 is 0. The van der Waals surface area contributed by atoms with Crippen LogP contribution in [-0.4, -0.2) is 53.2 Å². The average Bonchev–Trinajstić information content (AvgIpc) is 3.58. The molecule has 0 bridgehead atoms. The number of rotatable bonds is 9. The van der Waals surface area contributed by atoms with Gasteiger partial charge in [0, 0.05) is 24.9 Å². The number of hydrogen-bond donors (Lipinski definition) is 2. The van der Waals surface area contributed by atoms with Crippen LogP contribution in [0.2, 0.25) is 0 Å². The molecule has 1 unspecified atom stereocenters. The summed E-state index contributed by atoms with van der Waals surface area (Å²) in [7, 11) is 0. The Labute approximate surface area is 200 Å². The summed E-state index contributed by atoms with van der Waals surface area (Å²) in [6.45, 7) is 5.77. The third kappa shape index (κ3) is 5.08. The smallest absolute Gasteiger partial charge is 0.407 e. The van der Waals surface area contributed by atoms with E-state index in [9.17, 15) is 19.5 Å². The van der Waals surface area contributed by atoms with Crippen LogP contribution in [0.25, 0.3) is 11.1 Å². The van der Waals surface area contributed by atoms with Crippen molar-refractivity contribution in [1.82, 2.24) is 10.2 Å². The molecule has 1 fully saturated rings. The number of nitrogens with one attached hydrogen (secondary N) is 1. The predicted molar refractivity (Wildman–Crippen MR) is 128 cm³/mol. The van der Waals surface area contributed by atoms with Gasteiger partial charge in [0.05, 0.1) is 0 Å². The van der Waals surface area contributed by atoms with Crippen LogP contribution >= 0.6 is 0 Å². The highest BCUT2D eigenvalue weighted by molar-refractivity contribution is 5.84. The number of carboxylic acid groups (broad SMARTS) is 1. The van der Waals surface area contributed by atoms with Crippen molar-refractivity contribution >= 4 is 18.0 Å². The molecule has 0 aliphatic heterocycles. The lowest BCUT2D eigenvalue weighted by atomic mass is 9.88. The zero-order valence-corrected chi connectivity index (χ0v) is 19.9. The molecule has 180 valence electrons. The fraction of sp³-hybridized carbons (Fsp3) is 0.444. The topological polar surface area (TPSA) is 95.9 Å². The first kappa shape index (κ1) is 23.8. The van der Waals surface area contributed by atoms with Crippen molar-refractivity contribution in [3.63, 3.8) is 0 Å². The number of alkyl carbamates (subject to hydrolysis) is 1. The van der Waals surface area contributed by atoms with E-state index in [2.05, 4.69) is 29.6 Å². The van der Waals surface area contributed by atoms with Crippen molar-refractivity contribution in [3.8, 4) is 11.1 Å². The Morgan fingerprint density at radius 1 is 1.06 bits per heavy atom. The molecular weight excluding hydrogens is 432 g/mol. The van der Waals surface area contributed by atoms with Gasteiger partial charge in [-0.3, -0.25) is 4.79 Å².